The number of ether oxygens (including phenoxy) is 3. The highest BCUT2D eigenvalue weighted by Gasteiger charge is 2.34. The summed E-state index contributed by atoms with van der Waals surface area (Å²) in [7, 11) is 0. The highest BCUT2D eigenvalue weighted by Crippen LogP contribution is 2.44. The molecule has 1 aliphatic carbocycles. The van der Waals surface area contributed by atoms with Gasteiger partial charge in [-0.15, -0.1) is 0 Å². The van der Waals surface area contributed by atoms with E-state index in [2.05, 4.69) is 40.2 Å². The lowest BCUT2D eigenvalue weighted by molar-refractivity contribution is 0.0519. The minimum absolute atomic E-state index is 0.0635. The van der Waals surface area contributed by atoms with Gasteiger partial charge < -0.3 is 30.2 Å². The minimum atomic E-state index is -0.749. The summed E-state index contributed by atoms with van der Waals surface area (Å²) in [5.74, 6) is -0.0635. The van der Waals surface area contributed by atoms with Crippen LogP contribution in [0.2, 0.25) is 0 Å². The Morgan fingerprint density at radius 1 is 0.690 bits per heavy atom. The van der Waals surface area contributed by atoms with Crippen LogP contribution in [0.5, 0.6) is 0 Å². The van der Waals surface area contributed by atoms with Gasteiger partial charge in [-0.1, -0.05) is 61.9 Å². The largest absolute Gasteiger partial charge is 0.449 e. The third-order valence-corrected chi connectivity index (χ3v) is 6.98. The van der Waals surface area contributed by atoms with Gasteiger partial charge in [0, 0.05) is 24.5 Å². The van der Waals surface area contributed by atoms with E-state index in [1.165, 1.54) is 0 Å². The zero-order chi connectivity index (χ0) is 31.0. The van der Waals surface area contributed by atoms with Crippen molar-refractivity contribution in [3.8, 4) is 11.1 Å². The Bertz CT molecular complexity index is 1150. The van der Waals surface area contributed by atoms with Gasteiger partial charge >= 0.3 is 18.3 Å². The molecule has 0 saturated heterocycles. The van der Waals surface area contributed by atoms with Crippen molar-refractivity contribution in [2.45, 2.75) is 96.8 Å². The van der Waals surface area contributed by atoms with Crippen molar-refractivity contribution in [3.05, 3.63) is 59.7 Å². The highest BCUT2D eigenvalue weighted by molar-refractivity contribution is 5.79. The maximum atomic E-state index is 13.3. The van der Waals surface area contributed by atoms with Gasteiger partial charge in [-0.2, -0.15) is 0 Å². The second-order valence-electron chi connectivity index (χ2n) is 12.8. The van der Waals surface area contributed by atoms with Crippen LogP contribution < -0.4 is 16.0 Å². The van der Waals surface area contributed by atoms with Gasteiger partial charge in [-0.3, -0.25) is 0 Å². The lowest BCUT2D eigenvalue weighted by Gasteiger charge is -2.35. The number of carbonyl (C=O) groups excluding carboxylic acids is 3. The van der Waals surface area contributed by atoms with Crippen LogP contribution >= 0.6 is 0 Å². The Morgan fingerprint density at radius 3 is 1.57 bits per heavy atom. The molecule has 230 valence electrons. The van der Waals surface area contributed by atoms with Crippen LogP contribution in [0.15, 0.2) is 48.5 Å². The molecule has 0 bridgehead atoms. The first-order chi connectivity index (χ1) is 19.7. The Morgan fingerprint density at radius 2 is 1.14 bits per heavy atom. The first-order valence-electron chi connectivity index (χ1n) is 14.8. The molecule has 0 aliphatic heterocycles. The van der Waals surface area contributed by atoms with Crippen molar-refractivity contribution in [2.24, 2.45) is 0 Å². The van der Waals surface area contributed by atoms with Gasteiger partial charge in [-0.05, 0) is 83.1 Å². The Balaban J connectivity index is 1.70. The van der Waals surface area contributed by atoms with Gasteiger partial charge in [0.1, 0.15) is 17.8 Å². The van der Waals surface area contributed by atoms with E-state index < -0.39 is 35.0 Å². The van der Waals surface area contributed by atoms with E-state index in [1.54, 1.807) is 41.5 Å². The van der Waals surface area contributed by atoms with Gasteiger partial charge in [0.05, 0.1) is 0 Å². The van der Waals surface area contributed by atoms with E-state index in [4.69, 9.17) is 14.2 Å². The van der Waals surface area contributed by atoms with E-state index >= 15 is 0 Å². The monoisotopic (exact) mass is 581 g/mol. The molecule has 3 amide bonds. The predicted molar refractivity (Wildman–Crippen MR) is 164 cm³/mol. The molecular formula is C33H47N3O6. The van der Waals surface area contributed by atoms with Crippen LogP contribution in [0.25, 0.3) is 11.1 Å². The molecular weight excluding hydrogens is 534 g/mol. The normalized spacial score (nSPS) is 13.0. The molecule has 0 unspecified atom stereocenters. The number of alkyl carbamates (subject to hydrolysis) is 3. The Labute approximate surface area is 250 Å². The summed E-state index contributed by atoms with van der Waals surface area (Å²) in [4.78, 5) is 37.9. The van der Waals surface area contributed by atoms with E-state index in [-0.39, 0.29) is 25.6 Å². The fourth-order valence-electron chi connectivity index (χ4n) is 5.33. The molecule has 42 heavy (non-hydrogen) atoms. The van der Waals surface area contributed by atoms with Gasteiger partial charge in [-0.25, -0.2) is 14.4 Å². The fraction of sp³-hybridized carbons (Fsp3) is 0.545. The summed E-state index contributed by atoms with van der Waals surface area (Å²) < 4.78 is 16.6. The average Bonchev–Trinajstić information content (AvgIpc) is 3.19. The van der Waals surface area contributed by atoms with Crippen LogP contribution in [0.3, 0.4) is 0 Å². The molecule has 0 radical (unpaired) electrons. The quantitative estimate of drug-likeness (QED) is 0.249. The maximum Gasteiger partial charge on any atom is 0.407 e. The molecule has 0 saturated carbocycles. The molecule has 3 N–H and O–H groups in total. The summed E-state index contributed by atoms with van der Waals surface area (Å²) in [6, 6.07) is 16.4. The SMILES string of the molecule is CCCC(CCNC(=O)OC(C)(C)C)(CCNC(=O)OC(C)(C)C)NC(=O)OCC1c2ccccc2-c2ccccc21. The number of benzene rings is 2. The molecule has 3 rings (SSSR count). The van der Waals surface area contributed by atoms with Crippen molar-refractivity contribution in [3.63, 3.8) is 0 Å². The summed E-state index contributed by atoms with van der Waals surface area (Å²) in [5.41, 5.74) is 2.58. The molecule has 0 heterocycles. The molecule has 9 nitrogen and oxygen atoms in total. The third-order valence-electron chi connectivity index (χ3n) is 6.98. The smallest absolute Gasteiger partial charge is 0.407 e. The number of fused-ring (bicyclic) bond motifs is 3. The molecule has 2 aromatic rings. The molecule has 1 aliphatic rings. The summed E-state index contributed by atoms with van der Waals surface area (Å²) in [6.45, 7) is 13.6. The molecule has 0 fully saturated rings. The molecule has 0 atom stereocenters. The summed E-state index contributed by atoms with van der Waals surface area (Å²) in [6.07, 6.45) is 0.619. The lowest BCUT2D eigenvalue weighted by atomic mass is 9.86. The van der Waals surface area contributed by atoms with E-state index in [0.29, 0.717) is 19.3 Å². The second kappa shape index (κ2) is 13.9. The van der Waals surface area contributed by atoms with Crippen molar-refractivity contribution in [1.82, 2.24) is 16.0 Å². The first kappa shape index (κ1) is 32.8. The zero-order valence-corrected chi connectivity index (χ0v) is 26.1. The number of carbonyl (C=O) groups is 3. The van der Waals surface area contributed by atoms with Crippen LogP contribution in [0.1, 0.15) is 91.2 Å². The Kier molecular flexibility index (Phi) is 10.9. The van der Waals surface area contributed by atoms with Crippen molar-refractivity contribution in [2.75, 3.05) is 19.7 Å². The molecule has 9 heteroatoms. The molecule has 2 aromatic carbocycles. The number of amides is 3. The third kappa shape index (κ3) is 9.67. The van der Waals surface area contributed by atoms with Crippen LogP contribution in [-0.2, 0) is 14.2 Å². The van der Waals surface area contributed by atoms with E-state index in [0.717, 1.165) is 28.7 Å². The van der Waals surface area contributed by atoms with Crippen molar-refractivity contribution >= 4 is 18.3 Å². The number of nitrogens with one attached hydrogen (secondary N) is 3. The predicted octanol–water partition coefficient (Wildman–Crippen LogP) is 6.89. The van der Waals surface area contributed by atoms with Crippen molar-refractivity contribution in [1.29, 1.82) is 0 Å². The second-order valence-corrected chi connectivity index (χ2v) is 12.8. The average molecular weight is 582 g/mol. The van der Waals surface area contributed by atoms with E-state index in [1.807, 2.05) is 31.2 Å². The van der Waals surface area contributed by atoms with Gasteiger partial charge in [0.15, 0.2) is 0 Å². The molecule has 0 aromatic heterocycles. The lowest BCUT2D eigenvalue weighted by Crippen LogP contribution is -2.52. The summed E-state index contributed by atoms with van der Waals surface area (Å²) in [5, 5.41) is 8.68. The Hall–Kier alpha value is -3.75. The fourth-order valence-corrected chi connectivity index (χ4v) is 5.33. The summed E-state index contributed by atoms with van der Waals surface area (Å²) >= 11 is 0. The van der Waals surface area contributed by atoms with E-state index in [9.17, 15) is 14.4 Å². The maximum absolute atomic E-state index is 13.3. The van der Waals surface area contributed by atoms with Gasteiger partial charge in [0.2, 0.25) is 0 Å². The van der Waals surface area contributed by atoms with Crippen LogP contribution in [-0.4, -0.2) is 54.7 Å². The van der Waals surface area contributed by atoms with Crippen LogP contribution in [0, 0.1) is 0 Å². The number of hydrogen-bond donors (Lipinski definition) is 3. The minimum Gasteiger partial charge on any atom is -0.449 e. The first-order valence-corrected chi connectivity index (χ1v) is 14.8. The van der Waals surface area contributed by atoms with Crippen LogP contribution in [0.4, 0.5) is 14.4 Å². The topological polar surface area (TPSA) is 115 Å². The van der Waals surface area contributed by atoms with Gasteiger partial charge in [0.25, 0.3) is 0 Å². The number of hydrogen-bond acceptors (Lipinski definition) is 6. The standard InChI is InChI=1S/C33H47N3O6/c1-8-17-33(18-20-34-28(37)41-31(2,3)4,19-21-35-29(38)42-32(5,6)7)36-30(39)40-22-27-25-15-11-9-13-23(25)24-14-10-12-16-26(24)27/h9-16,27H,8,17-22H2,1-7H3,(H,34,37)(H,35,38)(H,36,39). The highest BCUT2D eigenvalue weighted by atomic mass is 16.6. The van der Waals surface area contributed by atoms with Crippen molar-refractivity contribution < 1.29 is 28.6 Å². The zero-order valence-electron chi connectivity index (χ0n) is 26.1. The number of rotatable bonds is 11. The molecule has 0 spiro atoms.